The number of fused-ring (bicyclic) bond motifs is 4. The van der Waals surface area contributed by atoms with Crippen LogP contribution in [-0.2, 0) is 9.53 Å². The summed E-state index contributed by atoms with van der Waals surface area (Å²) >= 11 is 0. The van der Waals surface area contributed by atoms with Crippen LogP contribution in [0.15, 0.2) is 43.1 Å². The molecule has 5 nitrogen and oxygen atoms in total. The molecule has 0 N–H and O–H groups in total. The minimum Gasteiger partial charge on any atom is -0.497 e. The highest BCUT2D eigenvalue weighted by molar-refractivity contribution is 5.84. The van der Waals surface area contributed by atoms with Crippen LogP contribution in [0.3, 0.4) is 0 Å². The molecule has 3 fully saturated rings. The van der Waals surface area contributed by atoms with Gasteiger partial charge < -0.3 is 9.47 Å². The first kappa shape index (κ1) is 18.0. The summed E-state index contributed by atoms with van der Waals surface area (Å²) in [7, 11) is 1.65. The van der Waals surface area contributed by atoms with E-state index in [1.807, 2.05) is 24.3 Å². The molecule has 0 aliphatic carbocycles. The van der Waals surface area contributed by atoms with Crippen LogP contribution in [0.5, 0.6) is 5.75 Å². The fourth-order valence-electron chi connectivity index (χ4n) is 4.74. The van der Waals surface area contributed by atoms with Crippen LogP contribution in [0.4, 0.5) is 0 Å². The second-order valence-corrected chi connectivity index (χ2v) is 7.56. The topological polar surface area (TPSA) is 51.7 Å². The second-order valence-electron chi connectivity index (χ2n) is 7.56. The van der Waals surface area contributed by atoms with E-state index < -0.39 is 0 Å². The van der Waals surface area contributed by atoms with Crippen molar-refractivity contribution in [2.75, 3.05) is 20.2 Å². The molecule has 27 heavy (non-hydrogen) atoms. The summed E-state index contributed by atoms with van der Waals surface area (Å²) in [6.45, 7) is 7.53. The van der Waals surface area contributed by atoms with Crippen molar-refractivity contribution in [1.29, 1.82) is 0 Å². The molecule has 2 unspecified atom stereocenters. The van der Waals surface area contributed by atoms with Crippen molar-refractivity contribution in [3.8, 4) is 5.75 Å². The smallest absolute Gasteiger partial charge is 0.303 e. The van der Waals surface area contributed by atoms with Crippen molar-refractivity contribution in [2.45, 2.75) is 31.9 Å². The molecule has 0 spiro atoms. The zero-order valence-corrected chi connectivity index (χ0v) is 15.9. The molecular weight excluding hydrogens is 340 g/mol. The summed E-state index contributed by atoms with van der Waals surface area (Å²) in [6, 6.07) is 7.99. The van der Waals surface area contributed by atoms with E-state index in [4.69, 9.17) is 9.47 Å². The van der Waals surface area contributed by atoms with Gasteiger partial charge in [-0.25, -0.2) is 0 Å². The Morgan fingerprint density at radius 3 is 2.93 bits per heavy atom. The monoisotopic (exact) mass is 366 g/mol. The number of nitrogens with zero attached hydrogens (tertiary/aromatic N) is 2. The Morgan fingerprint density at radius 2 is 2.26 bits per heavy atom. The summed E-state index contributed by atoms with van der Waals surface area (Å²) in [5.74, 6) is 1.66. The van der Waals surface area contributed by atoms with Gasteiger partial charge >= 0.3 is 5.97 Å². The number of hydrogen-bond acceptors (Lipinski definition) is 5. The lowest BCUT2D eigenvalue weighted by molar-refractivity contribution is -0.154. The predicted octanol–water partition coefficient (Wildman–Crippen LogP) is 3.74. The number of piperidine rings is 3. The van der Waals surface area contributed by atoms with Crippen molar-refractivity contribution in [1.82, 2.24) is 9.88 Å². The number of benzene rings is 1. The molecule has 1 aromatic carbocycles. The summed E-state index contributed by atoms with van der Waals surface area (Å²) in [6.07, 6.45) is 5.77. The molecule has 5 rings (SSSR count). The molecule has 3 aliphatic heterocycles. The van der Waals surface area contributed by atoms with E-state index in [2.05, 4.69) is 22.5 Å². The van der Waals surface area contributed by atoms with Gasteiger partial charge in [-0.15, -0.1) is 6.58 Å². The van der Waals surface area contributed by atoms with E-state index in [1.54, 1.807) is 13.3 Å². The predicted molar refractivity (Wildman–Crippen MR) is 105 cm³/mol. The van der Waals surface area contributed by atoms with E-state index in [9.17, 15) is 4.79 Å². The molecular formula is C22H26N2O3. The number of methoxy groups -OCH3 is 1. The first-order valence-electron chi connectivity index (χ1n) is 9.57. The third kappa shape index (κ3) is 3.32. The van der Waals surface area contributed by atoms with Crippen LogP contribution in [0.2, 0.25) is 0 Å². The summed E-state index contributed by atoms with van der Waals surface area (Å²) in [5, 5.41) is 0.978. The van der Waals surface area contributed by atoms with Crippen molar-refractivity contribution < 1.29 is 14.3 Å². The van der Waals surface area contributed by atoms with Crippen molar-refractivity contribution in [3.05, 3.63) is 48.7 Å². The van der Waals surface area contributed by atoms with E-state index in [0.717, 1.165) is 41.7 Å². The Balaban J connectivity index is 1.76. The van der Waals surface area contributed by atoms with Crippen LogP contribution in [0.25, 0.3) is 10.9 Å². The lowest BCUT2D eigenvalue weighted by Gasteiger charge is -2.51. The number of pyridine rings is 1. The quantitative estimate of drug-likeness (QED) is 0.596. The third-order valence-corrected chi connectivity index (χ3v) is 6.09. The van der Waals surface area contributed by atoms with E-state index in [-0.39, 0.29) is 18.1 Å². The van der Waals surface area contributed by atoms with Crippen LogP contribution in [-0.4, -0.2) is 42.1 Å². The number of ether oxygens (including phenoxy) is 2. The average molecular weight is 366 g/mol. The van der Waals surface area contributed by atoms with Gasteiger partial charge in [-0.1, -0.05) is 6.08 Å². The van der Waals surface area contributed by atoms with E-state index in [1.165, 1.54) is 13.3 Å². The Morgan fingerprint density at radius 1 is 1.41 bits per heavy atom. The molecule has 1 aromatic heterocycles. The summed E-state index contributed by atoms with van der Waals surface area (Å²) in [4.78, 5) is 18.9. The highest BCUT2D eigenvalue weighted by Crippen LogP contribution is 2.43. The van der Waals surface area contributed by atoms with Crippen molar-refractivity contribution in [2.24, 2.45) is 11.8 Å². The molecule has 142 valence electrons. The average Bonchev–Trinajstić information content (AvgIpc) is 2.71. The van der Waals surface area contributed by atoms with Crippen LogP contribution >= 0.6 is 0 Å². The van der Waals surface area contributed by atoms with Crippen molar-refractivity contribution >= 4 is 16.9 Å². The molecule has 2 aromatic rings. The minimum absolute atomic E-state index is 0.181. The maximum absolute atomic E-state index is 12.0. The van der Waals surface area contributed by atoms with Gasteiger partial charge in [0.15, 0.2) is 0 Å². The SMILES string of the molecule is C=C[C@H]1CN2CCC1C[C@H]2[C@H](OC(C)=O)c1ccnc2ccc(OC)cc12. The fourth-order valence-corrected chi connectivity index (χ4v) is 4.74. The highest BCUT2D eigenvalue weighted by Gasteiger charge is 2.44. The van der Waals surface area contributed by atoms with Gasteiger partial charge in [0.2, 0.25) is 0 Å². The first-order valence-corrected chi connectivity index (χ1v) is 9.57. The number of carbonyl (C=O) groups is 1. The number of rotatable bonds is 5. The number of aromatic nitrogens is 1. The highest BCUT2D eigenvalue weighted by atomic mass is 16.5. The molecule has 5 heteroatoms. The zero-order valence-electron chi connectivity index (χ0n) is 15.9. The van der Waals surface area contributed by atoms with Gasteiger partial charge in [-0.3, -0.25) is 14.7 Å². The van der Waals surface area contributed by atoms with Gasteiger partial charge in [0.1, 0.15) is 11.9 Å². The van der Waals surface area contributed by atoms with Crippen LogP contribution in [0, 0.1) is 11.8 Å². The maximum Gasteiger partial charge on any atom is 0.303 e. The van der Waals surface area contributed by atoms with Gasteiger partial charge in [-0.05, 0) is 55.5 Å². The number of carbonyl (C=O) groups excluding carboxylic acids is 1. The second kappa shape index (κ2) is 7.31. The summed E-state index contributed by atoms with van der Waals surface area (Å²) in [5.41, 5.74) is 1.88. The van der Waals surface area contributed by atoms with E-state index in [0.29, 0.717) is 11.8 Å². The molecule has 3 saturated heterocycles. The molecule has 3 aliphatic rings. The number of hydrogen-bond donors (Lipinski definition) is 0. The Labute approximate surface area is 160 Å². The Hall–Kier alpha value is -2.40. The Bertz CT molecular complexity index is 866. The summed E-state index contributed by atoms with van der Waals surface area (Å²) < 4.78 is 11.3. The molecule has 0 radical (unpaired) electrons. The molecule has 4 heterocycles. The van der Waals surface area contributed by atoms with Gasteiger partial charge in [-0.2, -0.15) is 0 Å². The van der Waals surface area contributed by atoms with Gasteiger partial charge in [0, 0.05) is 30.6 Å². The normalized spacial score (nSPS) is 27.9. The van der Waals surface area contributed by atoms with Gasteiger partial charge in [0.05, 0.1) is 18.7 Å². The maximum atomic E-state index is 12.0. The molecule has 0 saturated carbocycles. The zero-order chi connectivity index (χ0) is 19.0. The van der Waals surface area contributed by atoms with Crippen LogP contribution in [0.1, 0.15) is 31.4 Å². The Kier molecular flexibility index (Phi) is 4.87. The molecule has 2 bridgehead atoms. The standard InChI is InChI=1S/C22H26N2O3/c1-4-15-13-24-10-8-16(15)11-21(24)22(27-14(2)25)18-7-9-23-20-6-5-17(26-3)12-19(18)20/h4-7,9,12,15-16,21-22H,1,8,10-11,13H2,2-3H3/t15-,16?,21-,22+/m0/s1. The largest absolute Gasteiger partial charge is 0.497 e. The fraction of sp³-hybridized carbons (Fsp3) is 0.455. The lowest BCUT2D eigenvalue weighted by atomic mass is 9.73. The molecule has 0 amide bonds. The molecule has 5 atom stereocenters. The lowest BCUT2D eigenvalue weighted by Crippen LogP contribution is -2.55. The van der Waals surface area contributed by atoms with Gasteiger partial charge in [0.25, 0.3) is 0 Å². The van der Waals surface area contributed by atoms with Crippen LogP contribution < -0.4 is 4.74 Å². The number of esters is 1. The first-order chi connectivity index (χ1) is 13.1. The van der Waals surface area contributed by atoms with Crippen molar-refractivity contribution in [3.63, 3.8) is 0 Å². The third-order valence-electron chi connectivity index (χ3n) is 6.09. The minimum atomic E-state index is -0.311. The van der Waals surface area contributed by atoms with E-state index >= 15 is 0 Å².